The van der Waals surface area contributed by atoms with Crippen molar-refractivity contribution in [3.8, 4) is 5.69 Å². The Morgan fingerprint density at radius 2 is 2.18 bits per heavy atom. The number of pyridine rings is 1. The van der Waals surface area contributed by atoms with Crippen LogP contribution in [0.1, 0.15) is 10.4 Å². The smallest absolute Gasteiger partial charge is 0.251 e. The van der Waals surface area contributed by atoms with Gasteiger partial charge in [0.05, 0.1) is 6.61 Å². The van der Waals surface area contributed by atoms with Gasteiger partial charge in [0.1, 0.15) is 11.8 Å². The fourth-order valence-corrected chi connectivity index (χ4v) is 2.20. The van der Waals surface area contributed by atoms with Gasteiger partial charge in [-0.25, -0.2) is 9.97 Å². The third-order valence-corrected chi connectivity index (χ3v) is 3.28. The Kier molecular flexibility index (Phi) is 4.11. The van der Waals surface area contributed by atoms with Crippen LogP contribution in [0.25, 0.3) is 16.9 Å². The van der Waals surface area contributed by atoms with E-state index in [4.69, 9.17) is 4.74 Å². The van der Waals surface area contributed by atoms with Crippen molar-refractivity contribution in [1.29, 1.82) is 0 Å². The lowest BCUT2D eigenvalue weighted by atomic mass is 10.2. The van der Waals surface area contributed by atoms with E-state index in [-0.39, 0.29) is 5.91 Å². The number of amides is 1. The van der Waals surface area contributed by atoms with Gasteiger partial charge in [-0.15, -0.1) is 0 Å². The molecule has 0 aliphatic rings. The number of nitrogens with zero attached hydrogens (tertiary/aromatic N) is 3. The Morgan fingerprint density at radius 3 is 3.05 bits per heavy atom. The number of hydrogen-bond acceptors (Lipinski definition) is 4. The highest BCUT2D eigenvalue weighted by molar-refractivity contribution is 5.94. The van der Waals surface area contributed by atoms with Crippen molar-refractivity contribution >= 4 is 17.1 Å². The van der Waals surface area contributed by atoms with Crippen molar-refractivity contribution in [3.05, 3.63) is 54.5 Å². The minimum absolute atomic E-state index is 0.128. The first kappa shape index (κ1) is 14.2. The minimum atomic E-state index is -0.128. The predicted molar refractivity (Wildman–Crippen MR) is 83.1 cm³/mol. The third kappa shape index (κ3) is 2.82. The SMILES string of the molecule is COCCNC(=O)c1cccc(-n2cnc3cccnc32)c1. The summed E-state index contributed by atoms with van der Waals surface area (Å²) < 4.78 is 6.79. The Bertz CT molecular complexity index is 797. The molecule has 22 heavy (non-hydrogen) atoms. The molecule has 0 radical (unpaired) electrons. The molecule has 0 atom stereocenters. The molecular formula is C16H16N4O2. The van der Waals surface area contributed by atoms with Crippen LogP contribution in [0.4, 0.5) is 0 Å². The zero-order valence-electron chi connectivity index (χ0n) is 12.2. The Labute approximate surface area is 127 Å². The second kappa shape index (κ2) is 6.36. The van der Waals surface area contributed by atoms with E-state index in [1.165, 1.54) is 0 Å². The van der Waals surface area contributed by atoms with Crippen LogP contribution in [0.15, 0.2) is 48.9 Å². The summed E-state index contributed by atoms with van der Waals surface area (Å²) in [6.07, 6.45) is 3.43. The molecule has 0 aliphatic carbocycles. The summed E-state index contributed by atoms with van der Waals surface area (Å²) in [6, 6.07) is 11.1. The fraction of sp³-hybridized carbons (Fsp3) is 0.188. The van der Waals surface area contributed by atoms with E-state index >= 15 is 0 Å². The number of ether oxygens (including phenoxy) is 1. The maximum Gasteiger partial charge on any atom is 0.251 e. The van der Waals surface area contributed by atoms with Crippen LogP contribution in [0.3, 0.4) is 0 Å². The number of methoxy groups -OCH3 is 1. The van der Waals surface area contributed by atoms with Gasteiger partial charge in [-0.05, 0) is 30.3 Å². The summed E-state index contributed by atoms with van der Waals surface area (Å²) in [7, 11) is 1.60. The monoisotopic (exact) mass is 296 g/mol. The standard InChI is InChI=1S/C16H16N4O2/c1-22-9-8-18-16(21)12-4-2-5-13(10-12)20-11-19-14-6-3-7-17-15(14)20/h2-7,10-11H,8-9H2,1H3,(H,18,21). The molecule has 6 heteroatoms. The first-order valence-electron chi connectivity index (χ1n) is 6.95. The van der Waals surface area contributed by atoms with E-state index in [1.807, 2.05) is 34.9 Å². The number of benzene rings is 1. The molecule has 1 aromatic carbocycles. The molecule has 0 saturated heterocycles. The zero-order valence-corrected chi connectivity index (χ0v) is 12.2. The summed E-state index contributed by atoms with van der Waals surface area (Å²) in [4.78, 5) is 20.7. The van der Waals surface area contributed by atoms with Crippen molar-refractivity contribution in [2.75, 3.05) is 20.3 Å². The second-order valence-corrected chi connectivity index (χ2v) is 4.76. The quantitative estimate of drug-likeness (QED) is 0.729. The van der Waals surface area contributed by atoms with Crippen LogP contribution in [-0.2, 0) is 4.74 Å². The Balaban J connectivity index is 1.89. The van der Waals surface area contributed by atoms with Crippen LogP contribution >= 0.6 is 0 Å². The Morgan fingerprint density at radius 1 is 1.27 bits per heavy atom. The number of hydrogen-bond donors (Lipinski definition) is 1. The molecular weight excluding hydrogens is 280 g/mol. The lowest BCUT2D eigenvalue weighted by molar-refractivity contribution is 0.0937. The van der Waals surface area contributed by atoms with Gasteiger partial charge in [0.2, 0.25) is 0 Å². The van der Waals surface area contributed by atoms with E-state index in [1.54, 1.807) is 25.7 Å². The van der Waals surface area contributed by atoms with Gasteiger partial charge < -0.3 is 10.1 Å². The molecule has 0 spiro atoms. The highest BCUT2D eigenvalue weighted by Crippen LogP contribution is 2.16. The van der Waals surface area contributed by atoms with E-state index in [0.29, 0.717) is 18.7 Å². The van der Waals surface area contributed by atoms with Crippen molar-refractivity contribution in [3.63, 3.8) is 0 Å². The molecule has 1 amide bonds. The van der Waals surface area contributed by atoms with Crippen molar-refractivity contribution in [2.45, 2.75) is 0 Å². The Hall–Kier alpha value is -2.73. The lowest BCUT2D eigenvalue weighted by Crippen LogP contribution is -2.26. The maximum atomic E-state index is 12.1. The molecule has 2 heterocycles. The highest BCUT2D eigenvalue weighted by atomic mass is 16.5. The molecule has 0 aliphatic heterocycles. The lowest BCUT2D eigenvalue weighted by Gasteiger charge is -2.07. The minimum Gasteiger partial charge on any atom is -0.383 e. The topological polar surface area (TPSA) is 69.0 Å². The molecule has 0 bridgehead atoms. The van der Waals surface area contributed by atoms with Gasteiger partial charge in [0.25, 0.3) is 5.91 Å². The molecule has 0 unspecified atom stereocenters. The molecule has 0 saturated carbocycles. The van der Waals surface area contributed by atoms with Crippen molar-refractivity contribution in [1.82, 2.24) is 19.9 Å². The number of fused-ring (bicyclic) bond motifs is 1. The number of nitrogens with one attached hydrogen (secondary N) is 1. The first-order valence-corrected chi connectivity index (χ1v) is 6.95. The van der Waals surface area contributed by atoms with E-state index in [9.17, 15) is 4.79 Å². The average Bonchev–Trinajstić information content (AvgIpc) is 2.99. The molecule has 3 rings (SSSR count). The van der Waals surface area contributed by atoms with E-state index in [2.05, 4.69) is 15.3 Å². The molecule has 0 fully saturated rings. The highest BCUT2D eigenvalue weighted by Gasteiger charge is 2.09. The summed E-state index contributed by atoms with van der Waals surface area (Å²) in [5.74, 6) is -0.128. The molecule has 2 aromatic heterocycles. The van der Waals surface area contributed by atoms with E-state index in [0.717, 1.165) is 16.9 Å². The van der Waals surface area contributed by atoms with Crippen LogP contribution in [0.2, 0.25) is 0 Å². The summed E-state index contributed by atoms with van der Waals surface area (Å²) in [5.41, 5.74) is 3.02. The number of imidazole rings is 1. The number of carbonyl (C=O) groups excluding carboxylic acids is 1. The van der Waals surface area contributed by atoms with Crippen LogP contribution in [-0.4, -0.2) is 40.7 Å². The summed E-state index contributed by atoms with van der Waals surface area (Å²) in [5, 5.41) is 2.81. The maximum absolute atomic E-state index is 12.1. The second-order valence-electron chi connectivity index (χ2n) is 4.76. The predicted octanol–water partition coefficient (Wildman–Crippen LogP) is 1.80. The van der Waals surface area contributed by atoms with E-state index < -0.39 is 0 Å². The van der Waals surface area contributed by atoms with Gasteiger partial charge in [-0.3, -0.25) is 9.36 Å². The normalized spacial score (nSPS) is 10.8. The number of aromatic nitrogens is 3. The molecule has 112 valence electrons. The molecule has 6 nitrogen and oxygen atoms in total. The largest absolute Gasteiger partial charge is 0.383 e. The van der Waals surface area contributed by atoms with Gasteiger partial charge in [-0.1, -0.05) is 6.07 Å². The summed E-state index contributed by atoms with van der Waals surface area (Å²) in [6.45, 7) is 0.969. The van der Waals surface area contributed by atoms with Crippen molar-refractivity contribution < 1.29 is 9.53 Å². The first-order chi connectivity index (χ1) is 10.8. The van der Waals surface area contributed by atoms with Gasteiger partial charge in [0.15, 0.2) is 5.65 Å². The molecule has 1 N–H and O–H groups in total. The van der Waals surface area contributed by atoms with Crippen LogP contribution < -0.4 is 5.32 Å². The molecule has 3 aromatic rings. The van der Waals surface area contributed by atoms with Crippen LogP contribution in [0.5, 0.6) is 0 Å². The summed E-state index contributed by atoms with van der Waals surface area (Å²) >= 11 is 0. The van der Waals surface area contributed by atoms with Gasteiger partial charge in [-0.2, -0.15) is 0 Å². The van der Waals surface area contributed by atoms with Gasteiger partial charge >= 0.3 is 0 Å². The fourth-order valence-electron chi connectivity index (χ4n) is 2.20. The zero-order chi connectivity index (χ0) is 15.4. The van der Waals surface area contributed by atoms with Gasteiger partial charge in [0, 0.05) is 31.1 Å². The van der Waals surface area contributed by atoms with Crippen LogP contribution in [0, 0.1) is 0 Å². The number of carbonyl (C=O) groups is 1. The third-order valence-electron chi connectivity index (χ3n) is 3.28. The van der Waals surface area contributed by atoms with Crippen molar-refractivity contribution in [2.24, 2.45) is 0 Å². The number of rotatable bonds is 5. The average molecular weight is 296 g/mol.